The summed E-state index contributed by atoms with van der Waals surface area (Å²) in [6.45, 7) is 8.59. The Morgan fingerprint density at radius 3 is 2.10 bits per heavy atom. The van der Waals surface area contributed by atoms with E-state index in [2.05, 4.69) is 27.7 Å². The van der Waals surface area contributed by atoms with Gasteiger partial charge in [0, 0.05) is 6.04 Å². The van der Waals surface area contributed by atoms with Crippen molar-refractivity contribution in [3.05, 3.63) is 29.8 Å². The van der Waals surface area contributed by atoms with Crippen molar-refractivity contribution in [1.29, 1.82) is 0 Å². The first kappa shape index (κ1) is 17.4. The fourth-order valence-electron chi connectivity index (χ4n) is 2.39. The number of hydrogen-bond donors (Lipinski definition) is 3. The molecule has 0 aromatic heterocycles. The van der Waals surface area contributed by atoms with E-state index in [1.54, 1.807) is 12.1 Å². The van der Waals surface area contributed by atoms with Crippen LogP contribution in [0.25, 0.3) is 0 Å². The average molecular weight is 299 g/mol. The molecule has 114 valence electrons. The van der Waals surface area contributed by atoms with E-state index in [0.29, 0.717) is 5.92 Å². The molecule has 0 heterocycles. The highest BCUT2D eigenvalue weighted by Gasteiger charge is 2.28. The SMILES string of the molecule is CC(C)C(N)C(C)(C)CCc1ccc(P(=O)(O)O)cc1. The summed E-state index contributed by atoms with van der Waals surface area (Å²) >= 11 is 0. The van der Waals surface area contributed by atoms with Crippen molar-refractivity contribution in [1.82, 2.24) is 0 Å². The Morgan fingerprint density at radius 1 is 1.20 bits per heavy atom. The van der Waals surface area contributed by atoms with Crippen molar-refractivity contribution in [2.24, 2.45) is 17.1 Å². The maximum Gasteiger partial charge on any atom is 0.356 e. The lowest BCUT2D eigenvalue weighted by molar-refractivity contribution is 0.216. The van der Waals surface area contributed by atoms with Crippen LogP contribution < -0.4 is 11.0 Å². The molecule has 0 radical (unpaired) electrons. The summed E-state index contributed by atoms with van der Waals surface area (Å²) in [6.07, 6.45) is 1.80. The van der Waals surface area contributed by atoms with Gasteiger partial charge in [-0.3, -0.25) is 4.57 Å². The van der Waals surface area contributed by atoms with E-state index < -0.39 is 7.60 Å². The van der Waals surface area contributed by atoms with Crippen LogP contribution in [0.3, 0.4) is 0 Å². The van der Waals surface area contributed by atoms with Crippen molar-refractivity contribution in [2.45, 2.75) is 46.6 Å². The predicted molar refractivity (Wildman–Crippen MR) is 83.0 cm³/mol. The highest BCUT2D eigenvalue weighted by atomic mass is 31.2. The summed E-state index contributed by atoms with van der Waals surface area (Å²) < 4.78 is 11.1. The maximum atomic E-state index is 11.1. The zero-order valence-corrected chi connectivity index (χ0v) is 13.6. The Morgan fingerprint density at radius 2 is 1.70 bits per heavy atom. The van der Waals surface area contributed by atoms with E-state index in [9.17, 15) is 4.57 Å². The van der Waals surface area contributed by atoms with Crippen LogP contribution in [0.1, 0.15) is 39.7 Å². The molecular weight excluding hydrogens is 273 g/mol. The molecule has 4 N–H and O–H groups in total. The van der Waals surface area contributed by atoms with Crippen LogP contribution in [0.15, 0.2) is 24.3 Å². The summed E-state index contributed by atoms with van der Waals surface area (Å²) in [7, 11) is -4.14. The van der Waals surface area contributed by atoms with E-state index in [1.807, 2.05) is 0 Å². The number of rotatable bonds is 6. The molecular formula is C15H26NO3P. The molecule has 5 heteroatoms. The number of hydrogen-bond acceptors (Lipinski definition) is 2. The third-order valence-corrected chi connectivity index (χ3v) is 4.92. The van der Waals surface area contributed by atoms with Gasteiger partial charge in [0.25, 0.3) is 0 Å². The van der Waals surface area contributed by atoms with Gasteiger partial charge in [-0.25, -0.2) is 0 Å². The van der Waals surface area contributed by atoms with Crippen LogP contribution in [0.4, 0.5) is 0 Å². The van der Waals surface area contributed by atoms with Crippen LogP contribution in [-0.4, -0.2) is 15.8 Å². The van der Waals surface area contributed by atoms with Crippen molar-refractivity contribution in [2.75, 3.05) is 0 Å². The van der Waals surface area contributed by atoms with Gasteiger partial charge in [0.15, 0.2) is 0 Å². The van der Waals surface area contributed by atoms with Crippen LogP contribution >= 0.6 is 7.60 Å². The molecule has 0 saturated carbocycles. The lowest BCUT2D eigenvalue weighted by Gasteiger charge is -2.34. The zero-order chi connectivity index (χ0) is 15.6. The van der Waals surface area contributed by atoms with Gasteiger partial charge >= 0.3 is 7.60 Å². The van der Waals surface area contributed by atoms with E-state index in [4.69, 9.17) is 15.5 Å². The normalized spacial score (nSPS) is 14.6. The standard InChI is InChI=1S/C15H26NO3P/c1-11(2)14(16)15(3,4)10-9-12-5-7-13(8-6-12)20(17,18)19/h5-8,11,14H,9-10,16H2,1-4H3,(H2,17,18,19). The molecule has 4 nitrogen and oxygen atoms in total. The third-order valence-electron chi connectivity index (χ3n) is 3.95. The number of nitrogens with two attached hydrogens (primary N) is 1. The topological polar surface area (TPSA) is 83.6 Å². The maximum absolute atomic E-state index is 11.1. The molecule has 1 aromatic carbocycles. The zero-order valence-electron chi connectivity index (χ0n) is 12.7. The van der Waals surface area contributed by atoms with Gasteiger partial charge in [-0.2, -0.15) is 0 Å². The summed E-state index contributed by atoms with van der Waals surface area (Å²) in [5.41, 5.74) is 7.35. The minimum Gasteiger partial charge on any atom is -0.327 e. The van der Waals surface area contributed by atoms with E-state index in [1.165, 1.54) is 12.1 Å². The molecule has 0 aliphatic rings. The van der Waals surface area contributed by atoms with Crippen LogP contribution in [0.2, 0.25) is 0 Å². The third kappa shape index (κ3) is 4.71. The fraction of sp³-hybridized carbons (Fsp3) is 0.600. The van der Waals surface area contributed by atoms with Gasteiger partial charge in [0.1, 0.15) is 0 Å². The minimum absolute atomic E-state index is 0.0378. The van der Waals surface area contributed by atoms with E-state index in [0.717, 1.165) is 18.4 Å². The Kier molecular flexibility index (Phi) is 5.56. The molecule has 0 fully saturated rings. The molecule has 0 spiro atoms. The lowest BCUT2D eigenvalue weighted by Crippen LogP contribution is -2.41. The average Bonchev–Trinajstić information content (AvgIpc) is 2.35. The molecule has 1 unspecified atom stereocenters. The summed E-state index contributed by atoms with van der Waals surface area (Å²) in [6, 6.07) is 6.71. The minimum atomic E-state index is -4.14. The van der Waals surface area contributed by atoms with E-state index >= 15 is 0 Å². The van der Waals surface area contributed by atoms with Gasteiger partial charge in [0.05, 0.1) is 5.30 Å². The van der Waals surface area contributed by atoms with Gasteiger partial charge in [0.2, 0.25) is 0 Å². The van der Waals surface area contributed by atoms with E-state index in [-0.39, 0.29) is 16.8 Å². The molecule has 0 saturated heterocycles. The molecule has 20 heavy (non-hydrogen) atoms. The number of benzene rings is 1. The molecule has 1 atom stereocenters. The molecule has 1 rings (SSSR count). The molecule has 0 aliphatic carbocycles. The van der Waals surface area contributed by atoms with Crippen LogP contribution in [0.5, 0.6) is 0 Å². The monoisotopic (exact) mass is 299 g/mol. The van der Waals surface area contributed by atoms with Crippen molar-refractivity contribution in [3.63, 3.8) is 0 Å². The second kappa shape index (κ2) is 6.40. The summed E-state index contributed by atoms with van der Waals surface area (Å²) in [5, 5.41) is 0.0689. The first-order valence-corrected chi connectivity index (χ1v) is 8.56. The summed E-state index contributed by atoms with van der Waals surface area (Å²) in [5.74, 6) is 0.432. The highest BCUT2D eigenvalue weighted by Crippen LogP contribution is 2.33. The second-order valence-electron chi connectivity index (χ2n) is 6.47. The molecule has 0 bridgehead atoms. The first-order valence-electron chi connectivity index (χ1n) is 6.94. The van der Waals surface area contributed by atoms with Gasteiger partial charge in [-0.1, -0.05) is 39.8 Å². The van der Waals surface area contributed by atoms with Crippen molar-refractivity contribution < 1.29 is 14.4 Å². The quantitative estimate of drug-likeness (QED) is 0.704. The Balaban J connectivity index is 2.69. The first-order chi connectivity index (χ1) is 9.04. The molecule has 0 aliphatic heterocycles. The number of aryl methyl sites for hydroxylation is 1. The highest BCUT2D eigenvalue weighted by molar-refractivity contribution is 7.60. The predicted octanol–water partition coefficient (Wildman–Crippen LogP) is 2.43. The Labute approximate surface area is 121 Å². The molecule has 1 aromatic rings. The second-order valence-corrected chi connectivity index (χ2v) is 8.07. The fourth-order valence-corrected chi connectivity index (χ4v) is 2.93. The Hall–Kier alpha value is -0.670. The largest absolute Gasteiger partial charge is 0.356 e. The Bertz CT molecular complexity index is 476. The van der Waals surface area contributed by atoms with Crippen molar-refractivity contribution in [3.8, 4) is 0 Å². The van der Waals surface area contributed by atoms with Gasteiger partial charge in [-0.15, -0.1) is 0 Å². The summed E-state index contributed by atoms with van der Waals surface area (Å²) in [4.78, 5) is 18.1. The molecule has 0 amide bonds. The van der Waals surface area contributed by atoms with Crippen LogP contribution in [0, 0.1) is 11.3 Å². The lowest BCUT2D eigenvalue weighted by atomic mass is 9.75. The smallest absolute Gasteiger partial charge is 0.327 e. The van der Waals surface area contributed by atoms with Crippen molar-refractivity contribution >= 4 is 12.9 Å². The van der Waals surface area contributed by atoms with Crippen LogP contribution in [-0.2, 0) is 11.0 Å². The van der Waals surface area contributed by atoms with Gasteiger partial charge < -0.3 is 15.5 Å². The van der Waals surface area contributed by atoms with Gasteiger partial charge in [-0.05, 0) is 41.9 Å².